The number of esters is 1. The van der Waals surface area contributed by atoms with Crippen molar-refractivity contribution in [3.05, 3.63) is 35.9 Å². The molecule has 2 unspecified atom stereocenters. The summed E-state index contributed by atoms with van der Waals surface area (Å²) in [6.45, 7) is 4.01. The van der Waals surface area contributed by atoms with E-state index >= 15 is 0 Å². The third-order valence-corrected chi connectivity index (χ3v) is 5.01. The molecular weight excluding hydrogens is 298 g/mol. The molecule has 2 rings (SSSR count). The summed E-state index contributed by atoms with van der Waals surface area (Å²) in [6.07, 6.45) is 2.60. The summed E-state index contributed by atoms with van der Waals surface area (Å²) >= 11 is 1.65. The Kier molecular flexibility index (Phi) is 6.31. The molecule has 0 aliphatic carbocycles. The van der Waals surface area contributed by atoms with E-state index < -0.39 is 6.04 Å². The van der Waals surface area contributed by atoms with Crippen LogP contribution in [0.2, 0.25) is 0 Å². The molecule has 120 valence electrons. The average Bonchev–Trinajstić information content (AvgIpc) is 2.92. The third-order valence-electron chi connectivity index (χ3n) is 3.72. The van der Waals surface area contributed by atoms with Gasteiger partial charge in [-0.05, 0) is 12.0 Å². The van der Waals surface area contributed by atoms with Crippen LogP contribution in [-0.4, -0.2) is 40.6 Å². The zero-order valence-corrected chi connectivity index (χ0v) is 14.0. The van der Waals surface area contributed by atoms with E-state index in [4.69, 9.17) is 4.74 Å². The smallest absolute Gasteiger partial charge is 0.329 e. The number of ether oxygens (including phenoxy) is 1. The zero-order chi connectivity index (χ0) is 15.9. The molecule has 0 spiro atoms. The fourth-order valence-corrected chi connectivity index (χ4v) is 4.02. The fraction of sp³-hybridized carbons (Fsp3) is 0.529. The molecule has 2 atom stereocenters. The first-order valence-corrected chi connectivity index (χ1v) is 8.79. The van der Waals surface area contributed by atoms with Gasteiger partial charge >= 0.3 is 5.97 Å². The first-order valence-electron chi connectivity index (χ1n) is 7.74. The SMILES string of the molecule is CCCCOC(=O)C1CSC(Cc2ccccc2)N1C(C)=O. The average molecular weight is 321 g/mol. The van der Waals surface area contributed by atoms with Gasteiger partial charge < -0.3 is 9.64 Å². The monoisotopic (exact) mass is 321 g/mol. The first-order chi connectivity index (χ1) is 10.6. The van der Waals surface area contributed by atoms with Crippen LogP contribution in [0.1, 0.15) is 32.3 Å². The van der Waals surface area contributed by atoms with Crippen molar-refractivity contribution >= 4 is 23.6 Å². The van der Waals surface area contributed by atoms with Gasteiger partial charge in [-0.25, -0.2) is 4.79 Å². The molecule has 5 heteroatoms. The van der Waals surface area contributed by atoms with Crippen molar-refractivity contribution < 1.29 is 14.3 Å². The van der Waals surface area contributed by atoms with Crippen molar-refractivity contribution in [1.29, 1.82) is 0 Å². The van der Waals surface area contributed by atoms with Crippen LogP contribution < -0.4 is 0 Å². The van der Waals surface area contributed by atoms with Crippen LogP contribution in [0.15, 0.2) is 30.3 Å². The second-order valence-corrected chi connectivity index (χ2v) is 6.65. The summed E-state index contributed by atoms with van der Waals surface area (Å²) in [4.78, 5) is 25.9. The predicted molar refractivity (Wildman–Crippen MR) is 88.6 cm³/mol. The van der Waals surface area contributed by atoms with Gasteiger partial charge in [0.25, 0.3) is 0 Å². The van der Waals surface area contributed by atoms with Crippen LogP contribution in [0, 0.1) is 0 Å². The molecule has 1 aliphatic heterocycles. The lowest BCUT2D eigenvalue weighted by Gasteiger charge is -2.27. The lowest BCUT2D eigenvalue weighted by molar-refractivity contribution is -0.153. The van der Waals surface area contributed by atoms with E-state index in [9.17, 15) is 9.59 Å². The van der Waals surface area contributed by atoms with E-state index in [0.717, 1.165) is 19.3 Å². The number of carbonyl (C=O) groups is 2. The lowest BCUT2D eigenvalue weighted by Crippen LogP contribution is -2.46. The number of carbonyl (C=O) groups excluding carboxylic acids is 2. The molecule has 0 bridgehead atoms. The number of rotatable bonds is 6. The summed E-state index contributed by atoms with van der Waals surface area (Å²) in [5.41, 5.74) is 1.17. The van der Waals surface area contributed by atoms with Gasteiger partial charge in [0.15, 0.2) is 0 Å². The lowest BCUT2D eigenvalue weighted by atomic mass is 10.1. The number of benzene rings is 1. The minimum Gasteiger partial charge on any atom is -0.464 e. The number of amides is 1. The summed E-state index contributed by atoms with van der Waals surface area (Å²) in [5.74, 6) is 0.275. The first kappa shape index (κ1) is 16.9. The molecule has 22 heavy (non-hydrogen) atoms. The molecule has 0 N–H and O–H groups in total. The number of nitrogens with zero attached hydrogens (tertiary/aromatic N) is 1. The highest BCUT2D eigenvalue weighted by Crippen LogP contribution is 2.32. The van der Waals surface area contributed by atoms with Crippen molar-refractivity contribution in [2.24, 2.45) is 0 Å². The van der Waals surface area contributed by atoms with Gasteiger partial charge in [0.2, 0.25) is 5.91 Å². The topological polar surface area (TPSA) is 46.6 Å². The van der Waals surface area contributed by atoms with Crippen LogP contribution >= 0.6 is 11.8 Å². The minimum atomic E-state index is -0.451. The van der Waals surface area contributed by atoms with Crippen LogP contribution in [-0.2, 0) is 20.7 Å². The summed E-state index contributed by atoms with van der Waals surface area (Å²) < 4.78 is 5.30. The molecule has 1 heterocycles. The van der Waals surface area contributed by atoms with E-state index in [2.05, 4.69) is 6.92 Å². The second kappa shape index (κ2) is 8.22. The molecule has 1 amide bonds. The molecule has 1 aromatic rings. The Bertz CT molecular complexity index is 506. The van der Waals surface area contributed by atoms with Gasteiger partial charge in [-0.15, -0.1) is 11.8 Å². The molecule has 1 fully saturated rings. The molecule has 1 saturated heterocycles. The Morgan fingerprint density at radius 2 is 2.05 bits per heavy atom. The Labute approximate surface area is 136 Å². The quantitative estimate of drug-likeness (QED) is 0.597. The van der Waals surface area contributed by atoms with E-state index in [-0.39, 0.29) is 17.3 Å². The number of thioether (sulfide) groups is 1. The minimum absolute atomic E-state index is 0.00336. The highest BCUT2D eigenvalue weighted by molar-refractivity contribution is 8.00. The van der Waals surface area contributed by atoms with E-state index in [0.29, 0.717) is 12.4 Å². The normalized spacial score (nSPS) is 20.9. The molecule has 1 aliphatic rings. The Balaban J connectivity index is 2.01. The van der Waals surface area contributed by atoms with E-state index in [1.54, 1.807) is 16.7 Å². The predicted octanol–water partition coefficient (Wildman–Crippen LogP) is 2.86. The molecule has 0 saturated carbocycles. The van der Waals surface area contributed by atoms with Gasteiger partial charge in [0.1, 0.15) is 6.04 Å². The Morgan fingerprint density at radius 3 is 2.68 bits per heavy atom. The molecule has 0 aromatic heterocycles. The number of hydrogen-bond acceptors (Lipinski definition) is 4. The van der Waals surface area contributed by atoms with Crippen LogP contribution in [0.25, 0.3) is 0 Å². The van der Waals surface area contributed by atoms with Crippen LogP contribution in [0.4, 0.5) is 0 Å². The van der Waals surface area contributed by atoms with Crippen molar-refractivity contribution in [2.45, 2.75) is 44.5 Å². The molecule has 1 aromatic carbocycles. The molecular formula is C17H23NO3S. The van der Waals surface area contributed by atoms with Crippen LogP contribution in [0.5, 0.6) is 0 Å². The largest absolute Gasteiger partial charge is 0.464 e. The molecule has 4 nitrogen and oxygen atoms in total. The van der Waals surface area contributed by atoms with Crippen LogP contribution in [0.3, 0.4) is 0 Å². The standard InChI is InChI=1S/C17H23NO3S/c1-3-4-10-21-17(20)15-12-22-16(18(15)13(2)19)11-14-8-6-5-7-9-14/h5-9,15-16H,3-4,10-12H2,1-2H3. The summed E-state index contributed by atoms with van der Waals surface area (Å²) in [7, 11) is 0. The van der Waals surface area contributed by atoms with Crippen molar-refractivity contribution in [3.8, 4) is 0 Å². The Hall–Kier alpha value is -1.49. The summed E-state index contributed by atoms with van der Waals surface area (Å²) in [5, 5.41) is 0.00336. The second-order valence-electron chi connectivity index (χ2n) is 5.44. The maximum atomic E-state index is 12.2. The van der Waals surface area contributed by atoms with Gasteiger partial charge in [-0.1, -0.05) is 43.7 Å². The summed E-state index contributed by atoms with van der Waals surface area (Å²) in [6, 6.07) is 9.60. The number of unbranched alkanes of at least 4 members (excludes halogenated alkanes) is 1. The van der Waals surface area contributed by atoms with Crippen molar-refractivity contribution in [2.75, 3.05) is 12.4 Å². The van der Waals surface area contributed by atoms with Gasteiger partial charge in [0.05, 0.1) is 12.0 Å². The molecule has 0 radical (unpaired) electrons. The van der Waals surface area contributed by atoms with E-state index in [1.807, 2.05) is 30.3 Å². The zero-order valence-electron chi connectivity index (χ0n) is 13.2. The van der Waals surface area contributed by atoms with Gasteiger partial charge in [0, 0.05) is 19.1 Å². The Morgan fingerprint density at radius 1 is 1.32 bits per heavy atom. The highest BCUT2D eigenvalue weighted by Gasteiger charge is 2.40. The third kappa shape index (κ3) is 4.26. The highest BCUT2D eigenvalue weighted by atomic mass is 32.2. The number of hydrogen-bond donors (Lipinski definition) is 0. The van der Waals surface area contributed by atoms with Crippen molar-refractivity contribution in [1.82, 2.24) is 4.90 Å². The van der Waals surface area contributed by atoms with Gasteiger partial charge in [-0.2, -0.15) is 0 Å². The maximum absolute atomic E-state index is 12.2. The van der Waals surface area contributed by atoms with E-state index in [1.165, 1.54) is 12.5 Å². The maximum Gasteiger partial charge on any atom is 0.329 e. The van der Waals surface area contributed by atoms with Crippen molar-refractivity contribution in [3.63, 3.8) is 0 Å². The van der Waals surface area contributed by atoms with Gasteiger partial charge in [-0.3, -0.25) is 4.79 Å². The fourth-order valence-electron chi connectivity index (χ4n) is 2.55.